The number of benzene rings is 2. The first kappa shape index (κ1) is 21.0. The van der Waals surface area contributed by atoms with Gasteiger partial charge in [0.2, 0.25) is 0 Å². The molecule has 1 heterocycles. The molecule has 0 aliphatic carbocycles. The molecule has 1 aromatic heterocycles. The molecule has 156 valence electrons. The molecular weight excluding hydrogens is 388 g/mol. The molecule has 30 heavy (non-hydrogen) atoms. The molecule has 0 atom stereocenters. The highest BCUT2D eigenvalue weighted by Gasteiger charge is 2.12. The van der Waals surface area contributed by atoms with Crippen molar-refractivity contribution in [1.82, 2.24) is 0 Å². The molecule has 0 unspecified atom stereocenters. The number of rotatable bonds is 9. The van der Waals surface area contributed by atoms with E-state index < -0.39 is 11.6 Å². The molecule has 3 aromatic rings. The van der Waals surface area contributed by atoms with Crippen LogP contribution in [-0.4, -0.2) is 26.8 Å². The Kier molecular flexibility index (Phi) is 6.75. The zero-order valence-corrected chi connectivity index (χ0v) is 16.8. The van der Waals surface area contributed by atoms with Gasteiger partial charge in [-0.1, -0.05) is 12.1 Å². The summed E-state index contributed by atoms with van der Waals surface area (Å²) in [6.45, 7) is 3.31. The van der Waals surface area contributed by atoms with Gasteiger partial charge >= 0.3 is 11.6 Å². The molecule has 7 heteroatoms. The van der Waals surface area contributed by atoms with E-state index in [4.69, 9.17) is 23.4 Å². The second-order valence-corrected chi connectivity index (χ2v) is 6.38. The first-order valence-electron chi connectivity index (χ1n) is 9.21. The number of carbonyl (C=O) groups is 1. The Balaban J connectivity index is 1.65. The molecule has 0 aliphatic rings. The first-order valence-corrected chi connectivity index (χ1v) is 9.21. The third-order valence-corrected chi connectivity index (χ3v) is 4.38. The van der Waals surface area contributed by atoms with Crippen LogP contribution >= 0.6 is 0 Å². The average molecular weight is 410 g/mol. The van der Waals surface area contributed by atoms with E-state index in [1.807, 2.05) is 12.1 Å². The second kappa shape index (κ2) is 9.65. The predicted octanol–water partition coefficient (Wildman–Crippen LogP) is 3.66. The van der Waals surface area contributed by atoms with E-state index in [9.17, 15) is 9.59 Å². The fourth-order valence-corrected chi connectivity index (χ4v) is 2.92. The SMILES string of the molecule is C=CCc1ccc(OCC(=O)OCc2cc(=O)oc3cc(OC)ccc23)c(OC)c1. The van der Waals surface area contributed by atoms with E-state index in [-0.39, 0.29) is 13.2 Å². The average Bonchev–Trinajstić information content (AvgIpc) is 2.75. The molecule has 0 spiro atoms. The van der Waals surface area contributed by atoms with Crippen molar-refractivity contribution in [3.05, 3.63) is 76.7 Å². The quantitative estimate of drug-likeness (QED) is 0.302. The molecule has 0 aliphatic heterocycles. The van der Waals surface area contributed by atoms with E-state index in [0.29, 0.717) is 40.2 Å². The number of hydrogen-bond acceptors (Lipinski definition) is 7. The third kappa shape index (κ3) is 5.00. The van der Waals surface area contributed by atoms with Gasteiger partial charge in [-0.3, -0.25) is 0 Å². The van der Waals surface area contributed by atoms with Gasteiger partial charge in [0, 0.05) is 23.1 Å². The Bertz CT molecular complexity index is 1110. The van der Waals surface area contributed by atoms with Crippen molar-refractivity contribution in [2.24, 2.45) is 0 Å². The maximum atomic E-state index is 12.2. The van der Waals surface area contributed by atoms with Gasteiger partial charge in [0.15, 0.2) is 18.1 Å². The van der Waals surface area contributed by atoms with Crippen LogP contribution in [0, 0.1) is 0 Å². The summed E-state index contributed by atoms with van der Waals surface area (Å²) in [7, 11) is 3.05. The molecule has 0 N–H and O–H groups in total. The highest BCUT2D eigenvalue weighted by Crippen LogP contribution is 2.28. The zero-order valence-electron chi connectivity index (χ0n) is 16.8. The van der Waals surface area contributed by atoms with Gasteiger partial charge in [0.25, 0.3) is 0 Å². The summed E-state index contributed by atoms with van der Waals surface area (Å²) in [5.74, 6) is 0.922. The van der Waals surface area contributed by atoms with E-state index in [1.165, 1.54) is 20.3 Å². The van der Waals surface area contributed by atoms with Gasteiger partial charge in [-0.2, -0.15) is 0 Å². The van der Waals surface area contributed by atoms with Crippen molar-refractivity contribution in [3.63, 3.8) is 0 Å². The highest BCUT2D eigenvalue weighted by atomic mass is 16.6. The van der Waals surface area contributed by atoms with E-state index in [1.54, 1.807) is 30.3 Å². The fourth-order valence-electron chi connectivity index (χ4n) is 2.92. The summed E-state index contributed by atoms with van der Waals surface area (Å²) in [5.41, 5.74) is 1.36. The van der Waals surface area contributed by atoms with Crippen LogP contribution in [0.25, 0.3) is 11.0 Å². The van der Waals surface area contributed by atoms with Crippen LogP contribution in [0.1, 0.15) is 11.1 Å². The molecule has 3 rings (SSSR count). The molecular formula is C23H22O7. The van der Waals surface area contributed by atoms with Crippen molar-refractivity contribution in [3.8, 4) is 17.2 Å². The van der Waals surface area contributed by atoms with Gasteiger partial charge < -0.3 is 23.4 Å². The van der Waals surface area contributed by atoms with Crippen molar-refractivity contribution >= 4 is 16.9 Å². The summed E-state index contributed by atoms with van der Waals surface area (Å²) in [6, 6.07) is 11.8. The molecule has 0 saturated carbocycles. The number of methoxy groups -OCH3 is 2. The maximum Gasteiger partial charge on any atom is 0.344 e. The molecule has 0 amide bonds. The lowest BCUT2D eigenvalue weighted by molar-refractivity contribution is -0.147. The molecule has 2 aromatic carbocycles. The van der Waals surface area contributed by atoms with Crippen molar-refractivity contribution in [1.29, 1.82) is 0 Å². The lowest BCUT2D eigenvalue weighted by Crippen LogP contribution is -2.15. The predicted molar refractivity (Wildman–Crippen MR) is 111 cm³/mol. The van der Waals surface area contributed by atoms with Crippen LogP contribution in [-0.2, 0) is 22.6 Å². The molecule has 0 saturated heterocycles. The van der Waals surface area contributed by atoms with Gasteiger partial charge in [-0.05, 0) is 36.2 Å². The third-order valence-electron chi connectivity index (χ3n) is 4.38. The highest BCUT2D eigenvalue weighted by molar-refractivity contribution is 5.81. The van der Waals surface area contributed by atoms with Crippen LogP contribution in [0.4, 0.5) is 0 Å². The first-order chi connectivity index (χ1) is 14.5. The second-order valence-electron chi connectivity index (χ2n) is 6.38. The molecule has 0 fully saturated rings. The van der Waals surface area contributed by atoms with Gasteiger partial charge in [0.05, 0.1) is 14.2 Å². The lowest BCUT2D eigenvalue weighted by Gasteiger charge is -2.12. The summed E-state index contributed by atoms with van der Waals surface area (Å²) in [5, 5.41) is 0.656. The lowest BCUT2D eigenvalue weighted by atomic mass is 10.1. The number of fused-ring (bicyclic) bond motifs is 1. The molecule has 7 nitrogen and oxygen atoms in total. The Hall–Kier alpha value is -3.74. The Morgan fingerprint density at radius 3 is 2.63 bits per heavy atom. The monoisotopic (exact) mass is 410 g/mol. The smallest absolute Gasteiger partial charge is 0.344 e. The maximum absolute atomic E-state index is 12.2. The van der Waals surface area contributed by atoms with Crippen molar-refractivity contribution in [2.45, 2.75) is 13.0 Å². The van der Waals surface area contributed by atoms with Crippen LogP contribution in [0.15, 0.2) is 64.3 Å². The van der Waals surface area contributed by atoms with Crippen LogP contribution in [0.5, 0.6) is 17.2 Å². The number of carbonyl (C=O) groups excluding carboxylic acids is 1. The minimum absolute atomic E-state index is 0.0912. The van der Waals surface area contributed by atoms with Gasteiger partial charge in [-0.15, -0.1) is 6.58 Å². The van der Waals surface area contributed by atoms with Crippen molar-refractivity contribution < 1.29 is 28.2 Å². The Morgan fingerprint density at radius 2 is 1.90 bits per heavy atom. The van der Waals surface area contributed by atoms with E-state index >= 15 is 0 Å². The normalized spacial score (nSPS) is 10.5. The number of esters is 1. The molecule has 0 bridgehead atoms. The topological polar surface area (TPSA) is 84.2 Å². The minimum atomic E-state index is -0.581. The van der Waals surface area contributed by atoms with Crippen LogP contribution < -0.4 is 19.8 Å². The fraction of sp³-hybridized carbons (Fsp3) is 0.217. The Labute approximate surface area is 173 Å². The largest absolute Gasteiger partial charge is 0.497 e. The van der Waals surface area contributed by atoms with Gasteiger partial charge in [-0.25, -0.2) is 9.59 Å². The summed E-state index contributed by atoms with van der Waals surface area (Å²) in [6.07, 6.45) is 2.49. The number of allylic oxidation sites excluding steroid dienone is 1. The summed E-state index contributed by atoms with van der Waals surface area (Å²) >= 11 is 0. The van der Waals surface area contributed by atoms with E-state index in [0.717, 1.165) is 5.56 Å². The number of ether oxygens (including phenoxy) is 4. The van der Waals surface area contributed by atoms with E-state index in [2.05, 4.69) is 6.58 Å². The van der Waals surface area contributed by atoms with Crippen molar-refractivity contribution in [2.75, 3.05) is 20.8 Å². The number of hydrogen-bond donors (Lipinski definition) is 0. The van der Waals surface area contributed by atoms with Gasteiger partial charge in [0.1, 0.15) is 17.9 Å². The zero-order chi connectivity index (χ0) is 21.5. The van der Waals surface area contributed by atoms with Crippen LogP contribution in [0.2, 0.25) is 0 Å². The summed E-state index contributed by atoms with van der Waals surface area (Å²) in [4.78, 5) is 24.0. The summed E-state index contributed by atoms with van der Waals surface area (Å²) < 4.78 is 26.4. The minimum Gasteiger partial charge on any atom is -0.497 e. The Morgan fingerprint density at radius 1 is 1.07 bits per heavy atom. The molecule has 0 radical (unpaired) electrons. The van der Waals surface area contributed by atoms with Crippen LogP contribution in [0.3, 0.4) is 0 Å². The standard InChI is InChI=1S/C23H22O7/c1-4-5-15-6-9-19(21(10-15)27-3)28-14-23(25)29-13-16-11-22(24)30-20-12-17(26-2)7-8-18(16)20/h4,6-12H,1,5,13-14H2,2-3H3.